The van der Waals surface area contributed by atoms with Crippen LogP contribution >= 0.6 is 0 Å². The molecule has 2 aromatic heterocycles. The van der Waals surface area contributed by atoms with Crippen LogP contribution in [0.3, 0.4) is 0 Å². The first-order valence-electron chi connectivity index (χ1n) is 8.07. The number of rotatable bonds is 3. The second-order valence-corrected chi connectivity index (χ2v) is 6.16. The first kappa shape index (κ1) is 15.5. The standard InChI is InChI=1S/C17H17FN6O/c1-10-6-19-8-22-16(10)24-5-4-11(7-24)23-17(25)12-2-3-13-15(14(12)18)21-9-20-13/h2-3,6,8-9,11H,4-5,7H2,1H3,(H,20,21)(H,23,25)/t11-/m0/s1. The molecular weight excluding hydrogens is 323 g/mol. The van der Waals surface area contributed by atoms with Crippen LogP contribution < -0.4 is 10.2 Å². The van der Waals surface area contributed by atoms with E-state index in [1.54, 1.807) is 12.3 Å². The van der Waals surface area contributed by atoms with Crippen LogP contribution in [0.5, 0.6) is 0 Å². The van der Waals surface area contributed by atoms with Gasteiger partial charge in [0.05, 0.1) is 17.4 Å². The maximum Gasteiger partial charge on any atom is 0.254 e. The number of nitrogens with zero attached hydrogens (tertiary/aromatic N) is 4. The molecule has 3 aromatic rings. The van der Waals surface area contributed by atoms with E-state index in [4.69, 9.17) is 0 Å². The Bertz CT molecular complexity index is 940. The molecule has 7 nitrogen and oxygen atoms in total. The van der Waals surface area contributed by atoms with Crippen molar-refractivity contribution < 1.29 is 9.18 Å². The predicted molar refractivity (Wildman–Crippen MR) is 90.9 cm³/mol. The SMILES string of the molecule is Cc1cncnc1N1CC[C@H](NC(=O)c2ccc3[nH]cnc3c2F)C1. The molecule has 0 aliphatic carbocycles. The Hall–Kier alpha value is -3.03. The quantitative estimate of drug-likeness (QED) is 0.759. The van der Waals surface area contributed by atoms with Gasteiger partial charge in [-0.1, -0.05) is 0 Å². The molecule has 4 rings (SSSR count). The van der Waals surface area contributed by atoms with Crippen molar-refractivity contribution in [2.75, 3.05) is 18.0 Å². The molecule has 0 spiro atoms. The van der Waals surface area contributed by atoms with Gasteiger partial charge < -0.3 is 15.2 Å². The minimum Gasteiger partial charge on any atom is -0.354 e. The van der Waals surface area contributed by atoms with Gasteiger partial charge in [-0.25, -0.2) is 19.3 Å². The number of aromatic amines is 1. The monoisotopic (exact) mass is 340 g/mol. The van der Waals surface area contributed by atoms with Crippen molar-refractivity contribution in [1.29, 1.82) is 0 Å². The lowest BCUT2D eigenvalue weighted by Crippen LogP contribution is -2.37. The van der Waals surface area contributed by atoms with Crippen LogP contribution in [-0.4, -0.2) is 45.0 Å². The number of carbonyl (C=O) groups is 1. The lowest BCUT2D eigenvalue weighted by atomic mass is 10.1. The Kier molecular flexibility index (Phi) is 3.79. The van der Waals surface area contributed by atoms with Gasteiger partial charge in [0.25, 0.3) is 5.91 Å². The lowest BCUT2D eigenvalue weighted by molar-refractivity contribution is 0.0936. The number of hydrogen-bond acceptors (Lipinski definition) is 5. The third-order valence-electron chi connectivity index (χ3n) is 4.47. The summed E-state index contributed by atoms with van der Waals surface area (Å²) in [5, 5.41) is 2.91. The summed E-state index contributed by atoms with van der Waals surface area (Å²) in [5.74, 6) is -0.151. The average Bonchev–Trinajstić information content (AvgIpc) is 3.25. The van der Waals surface area contributed by atoms with Gasteiger partial charge in [-0.2, -0.15) is 0 Å². The van der Waals surface area contributed by atoms with Gasteiger partial charge in [0.15, 0.2) is 5.82 Å². The molecule has 128 valence electrons. The summed E-state index contributed by atoms with van der Waals surface area (Å²) in [5.41, 5.74) is 1.75. The molecule has 1 amide bonds. The molecule has 1 aliphatic heterocycles. The highest BCUT2D eigenvalue weighted by molar-refractivity contribution is 5.98. The van der Waals surface area contributed by atoms with Crippen LogP contribution in [0.25, 0.3) is 11.0 Å². The van der Waals surface area contributed by atoms with Crippen molar-refractivity contribution in [1.82, 2.24) is 25.3 Å². The van der Waals surface area contributed by atoms with E-state index in [9.17, 15) is 9.18 Å². The largest absolute Gasteiger partial charge is 0.354 e. The summed E-state index contributed by atoms with van der Waals surface area (Å²) < 4.78 is 14.5. The van der Waals surface area contributed by atoms with E-state index in [1.165, 1.54) is 18.7 Å². The number of benzene rings is 1. The Morgan fingerprint density at radius 3 is 3.12 bits per heavy atom. The first-order valence-corrected chi connectivity index (χ1v) is 8.07. The molecule has 0 saturated carbocycles. The number of anilines is 1. The highest BCUT2D eigenvalue weighted by atomic mass is 19.1. The molecule has 1 aromatic carbocycles. The summed E-state index contributed by atoms with van der Waals surface area (Å²) in [4.78, 5) is 29.6. The van der Waals surface area contributed by atoms with E-state index in [2.05, 4.69) is 30.2 Å². The summed E-state index contributed by atoms with van der Waals surface area (Å²) >= 11 is 0. The number of halogens is 1. The second kappa shape index (κ2) is 6.12. The van der Waals surface area contributed by atoms with Crippen molar-refractivity contribution in [3.05, 3.63) is 47.9 Å². The van der Waals surface area contributed by atoms with E-state index in [1.807, 2.05) is 6.92 Å². The minimum atomic E-state index is -0.599. The Labute approximate surface area is 143 Å². The molecule has 8 heteroatoms. The van der Waals surface area contributed by atoms with Gasteiger partial charge in [0, 0.05) is 30.9 Å². The summed E-state index contributed by atoms with van der Waals surface area (Å²) in [6.45, 7) is 3.37. The van der Waals surface area contributed by atoms with Crippen molar-refractivity contribution in [3.63, 3.8) is 0 Å². The zero-order chi connectivity index (χ0) is 17.4. The maximum atomic E-state index is 14.5. The van der Waals surface area contributed by atoms with Crippen LogP contribution in [-0.2, 0) is 0 Å². The van der Waals surface area contributed by atoms with Crippen molar-refractivity contribution >= 4 is 22.8 Å². The summed E-state index contributed by atoms with van der Waals surface area (Å²) in [6.07, 6.45) is 5.47. The highest BCUT2D eigenvalue weighted by Gasteiger charge is 2.27. The van der Waals surface area contributed by atoms with E-state index < -0.39 is 11.7 Å². The molecule has 1 saturated heterocycles. The van der Waals surface area contributed by atoms with Gasteiger partial charge in [0.2, 0.25) is 0 Å². The minimum absolute atomic E-state index is 0.0104. The van der Waals surface area contributed by atoms with E-state index in [0.717, 1.165) is 24.3 Å². The number of nitrogens with one attached hydrogen (secondary N) is 2. The highest BCUT2D eigenvalue weighted by Crippen LogP contribution is 2.22. The number of imidazole rings is 1. The van der Waals surface area contributed by atoms with Gasteiger partial charge in [-0.05, 0) is 25.5 Å². The number of aromatic nitrogens is 4. The van der Waals surface area contributed by atoms with Gasteiger partial charge in [0.1, 0.15) is 17.7 Å². The smallest absolute Gasteiger partial charge is 0.254 e. The fourth-order valence-corrected chi connectivity index (χ4v) is 3.21. The number of amides is 1. The van der Waals surface area contributed by atoms with E-state index in [-0.39, 0.29) is 17.1 Å². The third-order valence-corrected chi connectivity index (χ3v) is 4.47. The van der Waals surface area contributed by atoms with Crippen LogP contribution in [0.4, 0.5) is 10.2 Å². The zero-order valence-corrected chi connectivity index (χ0v) is 13.7. The molecule has 25 heavy (non-hydrogen) atoms. The number of fused-ring (bicyclic) bond motifs is 1. The molecule has 0 unspecified atom stereocenters. The number of H-pyrrole nitrogens is 1. The number of aryl methyl sites for hydroxylation is 1. The predicted octanol–water partition coefficient (Wildman–Crippen LogP) is 1.81. The Morgan fingerprint density at radius 1 is 1.40 bits per heavy atom. The Balaban J connectivity index is 1.48. The molecule has 1 fully saturated rings. The molecule has 0 bridgehead atoms. The third kappa shape index (κ3) is 2.79. The Morgan fingerprint density at radius 2 is 2.28 bits per heavy atom. The van der Waals surface area contributed by atoms with E-state index >= 15 is 0 Å². The zero-order valence-electron chi connectivity index (χ0n) is 13.7. The molecule has 3 heterocycles. The van der Waals surface area contributed by atoms with E-state index in [0.29, 0.717) is 12.1 Å². The maximum absolute atomic E-state index is 14.5. The first-order chi connectivity index (χ1) is 12.1. The van der Waals surface area contributed by atoms with Crippen LogP contribution in [0.2, 0.25) is 0 Å². The molecule has 1 atom stereocenters. The lowest BCUT2D eigenvalue weighted by Gasteiger charge is -2.19. The van der Waals surface area contributed by atoms with Gasteiger partial charge in [-0.3, -0.25) is 4.79 Å². The van der Waals surface area contributed by atoms with Crippen LogP contribution in [0, 0.1) is 12.7 Å². The summed E-state index contributed by atoms with van der Waals surface area (Å²) in [7, 11) is 0. The van der Waals surface area contributed by atoms with Gasteiger partial charge in [-0.15, -0.1) is 0 Å². The van der Waals surface area contributed by atoms with Gasteiger partial charge >= 0.3 is 0 Å². The molecule has 0 radical (unpaired) electrons. The van der Waals surface area contributed by atoms with Crippen molar-refractivity contribution in [2.24, 2.45) is 0 Å². The second-order valence-electron chi connectivity index (χ2n) is 6.16. The van der Waals surface area contributed by atoms with Crippen LogP contribution in [0.1, 0.15) is 22.3 Å². The van der Waals surface area contributed by atoms with Crippen molar-refractivity contribution in [2.45, 2.75) is 19.4 Å². The number of hydrogen-bond donors (Lipinski definition) is 2. The average molecular weight is 340 g/mol. The fourth-order valence-electron chi connectivity index (χ4n) is 3.21. The van der Waals surface area contributed by atoms with Crippen LogP contribution in [0.15, 0.2) is 31.0 Å². The molecule has 2 N–H and O–H groups in total. The normalized spacial score (nSPS) is 17.2. The molecular formula is C17H17FN6O. The fraction of sp³-hybridized carbons (Fsp3) is 0.294. The summed E-state index contributed by atoms with van der Waals surface area (Å²) in [6, 6.07) is 3.08. The topological polar surface area (TPSA) is 86.8 Å². The van der Waals surface area contributed by atoms with Crippen molar-refractivity contribution in [3.8, 4) is 0 Å². The number of carbonyl (C=O) groups excluding carboxylic acids is 1. The molecule has 1 aliphatic rings.